The topological polar surface area (TPSA) is 18.5 Å². The molecule has 0 heterocycles. The first-order chi connectivity index (χ1) is 7.36. The quantitative estimate of drug-likeness (QED) is 0.548. The zero-order valence-electron chi connectivity index (χ0n) is 9.29. The van der Waals surface area contributed by atoms with Crippen LogP contribution in [0.2, 0.25) is 0 Å². The minimum absolute atomic E-state index is 0.428. The predicted octanol–water partition coefficient (Wildman–Crippen LogP) is 3.14. The van der Waals surface area contributed by atoms with Crippen molar-refractivity contribution < 1.29 is 9.47 Å². The SMILES string of the molecule is BrC1CCCC1OCCOCC1CCC1. The summed E-state index contributed by atoms with van der Waals surface area (Å²) in [6.45, 7) is 2.48. The van der Waals surface area contributed by atoms with Gasteiger partial charge in [-0.15, -0.1) is 0 Å². The van der Waals surface area contributed by atoms with E-state index in [-0.39, 0.29) is 0 Å². The highest BCUT2D eigenvalue weighted by atomic mass is 79.9. The van der Waals surface area contributed by atoms with Gasteiger partial charge in [-0.3, -0.25) is 0 Å². The van der Waals surface area contributed by atoms with Gasteiger partial charge < -0.3 is 9.47 Å². The maximum atomic E-state index is 5.78. The summed E-state index contributed by atoms with van der Waals surface area (Å²) >= 11 is 3.65. The molecule has 88 valence electrons. The largest absolute Gasteiger partial charge is 0.379 e. The molecule has 0 aromatic carbocycles. The van der Waals surface area contributed by atoms with Gasteiger partial charge >= 0.3 is 0 Å². The second-order valence-corrected chi connectivity index (χ2v) is 5.90. The van der Waals surface area contributed by atoms with Crippen LogP contribution in [0.4, 0.5) is 0 Å². The molecule has 2 fully saturated rings. The van der Waals surface area contributed by atoms with E-state index in [1.807, 2.05) is 0 Å². The summed E-state index contributed by atoms with van der Waals surface area (Å²) in [5, 5.41) is 0. The maximum absolute atomic E-state index is 5.78. The van der Waals surface area contributed by atoms with E-state index in [0.717, 1.165) is 25.7 Å². The van der Waals surface area contributed by atoms with Crippen molar-refractivity contribution in [2.45, 2.75) is 49.5 Å². The third kappa shape index (κ3) is 3.72. The Hall–Kier alpha value is 0.400. The minimum atomic E-state index is 0.428. The van der Waals surface area contributed by atoms with Gasteiger partial charge in [-0.1, -0.05) is 22.4 Å². The molecule has 0 saturated heterocycles. The molecule has 2 rings (SSSR count). The second-order valence-electron chi connectivity index (χ2n) is 4.73. The van der Waals surface area contributed by atoms with Crippen molar-refractivity contribution in [2.24, 2.45) is 5.92 Å². The molecule has 0 spiro atoms. The lowest BCUT2D eigenvalue weighted by atomic mass is 9.86. The summed E-state index contributed by atoms with van der Waals surface area (Å²) in [7, 11) is 0. The lowest BCUT2D eigenvalue weighted by Crippen LogP contribution is -2.22. The fraction of sp³-hybridized carbons (Fsp3) is 1.00. The summed E-state index contributed by atoms with van der Waals surface area (Å²) in [6.07, 6.45) is 8.32. The Bertz CT molecular complexity index is 182. The smallest absolute Gasteiger partial charge is 0.0704 e. The molecule has 2 aliphatic carbocycles. The highest BCUT2D eigenvalue weighted by Gasteiger charge is 2.25. The van der Waals surface area contributed by atoms with Crippen molar-refractivity contribution in [2.75, 3.05) is 19.8 Å². The van der Waals surface area contributed by atoms with Gasteiger partial charge in [0.2, 0.25) is 0 Å². The number of rotatable bonds is 6. The van der Waals surface area contributed by atoms with Gasteiger partial charge in [0, 0.05) is 11.4 Å². The van der Waals surface area contributed by atoms with Crippen LogP contribution in [0, 0.1) is 5.92 Å². The van der Waals surface area contributed by atoms with Crippen LogP contribution in [-0.4, -0.2) is 30.8 Å². The molecule has 15 heavy (non-hydrogen) atoms. The minimum Gasteiger partial charge on any atom is -0.379 e. The van der Waals surface area contributed by atoms with Gasteiger partial charge in [0.1, 0.15) is 0 Å². The summed E-state index contributed by atoms with van der Waals surface area (Å²) in [5.41, 5.74) is 0. The Kier molecular flexibility index (Phi) is 4.92. The van der Waals surface area contributed by atoms with Crippen LogP contribution in [0.3, 0.4) is 0 Å². The normalized spacial score (nSPS) is 31.8. The highest BCUT2D eigenvalue weighted by Crippen LogP contribution is 2.28. The van der Waals surface area contributed by atoms with Gasteiger partial charge in [-0.05, 0) is 38.0 Å². The van der Waals surface area contributed by atoms with E-state index in [9.17, 15) is 0 Å². The van der Waals surface area contributed by atoms with Crippen molar-refractivity contribution in [3.63, 3.8) is 0 Å². The number of alkyl halides is 1. The van der Waals surface area contributed by atoms with Crippen LogP contribution in [-0.2, 0) is 9.47 Å². The molecule has 0 radical (unpaired) electrons. The second kappa shape index (κ2) is 6.21. The number of halogens is 1. The van der Waals surface area contributed by atoms with Crippen molar-refractivity contribution in [1.82, 2.24) is 0 Å². The fourth-order valence-corrected chi connectivity index (χ4v) is 2.98. The standard InChI is InChI=1S/C12H21BrO2/c13-11-5-2-6-12(11)15-8-7-14-9-10-3-1-4-10/h10-12H,1-9H2. The van der Waals surface area contributed by atoms with Crippen LogP contribution in [0.1, 0.15) is 38.5 Å². The first-order valence-corrected chi connectivity index (χ1v) is 7.11. The number of ether oxygens (including phenoxy) is 2. The molecule has 0 aromatic rings. The van der Waals surface area contributed by atoms with Crippen LogP contribution in [0.15, 0.2) is 0 Å². The van der Waals surface area contributed by atoms with Crippen LogP contribution < -0.4 is 0 Å². The predicted molar refractivity (Wildman–Crippen MR) is 64.5 cm³/mol. The van der Waals surface area contributed by atoms with Crippen LogP contribution >= 0.6 is 15.9 Å². The third-order valence-corrected chi connectivity index (χ3v) is 4.56. The summed E-state index contributed by atoms with van der Waals surface area (Å²) in [4.78, 5) is 0.573. The molecule has 0 aliphatic heterocycles. The number of hydrogen-bond donors (Lipinski definition) is 0. The van der Waals surface area contributed by atoms with Crippen molar-refractivity contribution >= 4 is 15.9 Å². The van der Waals surface area contributed by atoms with Gasteiger partial charge in [0.05, 0.1) is 19.3 Å². The van der Waals surface area contributed by atoms with Crippen LogP contribution in [0.5, 0.6) is 0 Å². The van der Waals surface area contributed by atoms with E-state index in [1.54, 1.807) is 0 Å². The lowest BCUT2D eigenvalue weighted by molar-refractivity contribution is -0.00555. The Morgan fingerprint density at radius 3 is 2.40 bits per heavy atom. The zero-order chi connectivity index (χ0) is 10.5. The van der Waals surface area contributed by atoms with Gasteiger partial charge in [-0.25, -0.2) is 0 Å². The molecule has 2 unspecified atom stereocenters. The summed E-state index contributed by atoms with van der Waals surface area (Å²) < 4.78 is 11.4. The van der Waals surface area contributed by atoms with E-state index in [0.29, 0.717) is 10.9 Å². The molecule has 3 heteroatoms. The van der Waals surface area contributed by atoms with Crippen molar-refractivity contribution in [3.8, 4) is 0 Å². The van der Waals surface area contributed by atoms with Crippen LogP contribution in [0.25, 0.3) is 0 Å². The fourth-order valence-electron chi connectivity index (χ4n) is 2.24. The molecular formula is C12H21BrO2. The third-order valence-electron chi connectivity index (χ3n) is 3.51. The first kappa shape index (κ1) is 11.9. The van der Waals surface area contributed by atoms with Crippen molar-refractivity contribution in [3.05, 3.63) is 0 Å². The monoisotopic (exact) mass is 276 g/mol. The zero-order valence-corrected chi connectivity index (χ0v) is 10.9. The molecular weight excluding hydrogens is 256 g/mol. The number of hydrogen-bond acceptors (Lipinski definition) is 2. The molecule has 2 nitrogen and oxygen atoms in total. The summed E-state index contributed by atoms with van der Waals surface area (Å²) in [6, 6.07) is 0. The summed E-state index contributed by atoms with van der Waals surface area (Å²) in [5.74, 6) is 0.848. The van der Waals surface area contributed by atoms with E-state index < -0.39 is 0 Å². The van der Waals surface area contributed by atoms with Crippen molar-refractivity contribution in [1.29, 1.82) is 0 Å². The van der Waals surface area contributed by atoms with Gasteiger partial charge in [-0.2, -0.15) is 0 Å². The van der Waals surface area contributed by atoms with Gasteiger partial charge in [0.25, 0.3) is 0 Å². The molecule has 2 aliphatic rings. The average molecular weight is 277 g/mol. The van der Waals surface area contributed by atoms with E-state index in [2.05, 4.69) is 15.9 Å². The Balaban J connectivity index is 1.44. The average Bonchev–Trinajstić information content (AvgIpc) is 2.55. The van der Waals surface area contributed by atoms with E-state index in [1.165, 1.54) is 38.5 Å². The molecule has 0 amide bonds. The Morgan fingerprint density at radius 1 is 1.00 bits per heavy atom. The molecule has 0 bridgehead atoms. The maximum Gasteiger partial charge on any atom is 0.0704 e. The molecule has 2 saturated carbocycles. The van der Waals surface area contributed by atoms with E-state index >= 15 is 0 Å². The molecule has 0 N–H and O–H groups in total. The lowest BCUT2D eigenvalue weighted by Gasteiger charge is -2.25. The first-order valence-electron chi connectivity index (χ1n) is 6.19. The Labute approximate surface area is 101 Å². The highest BCUT2D eigenvalue weighted by molar-refractivity contribution is 9.09. The Morgan fingerprint density at radius 2 is 1.80 bits per heavy atom. The molecule has 0 aromatic heterocycles. The van der Waals surface area contributed by atoms with Gasteiger partial charge in [0.15, 0.2) is 0 Å². The van der Waals surface area contributed by atoms with E-state index in [4.69, 9.17) is 9.47 Å². The molecule has 2 atom stereocenters.